The van der Waals surface area contributed by atoms with Crippen LogP contribution in [-0.2, 0) is 10.0 Å². The van der Waals surface area contributed by atoms with E-state index in [-0.39, 0.29) is 10.8 Å². The third-order valence-electron chi connectivity index (χ3n) is 4.66. The Hall–Kier alpha value is -2.38. The number of hydrogen-bond acceptors (Lipinski definition) is 4. The Morgan fingerprint density at radius 2 is 1.62 bits per heavy atom. The molecule has 6 nitrogen and oxygen atoms in total. The van der Waals surface area contributed by atoms with Crippen molar-refractivity contribution in [2.24, 2.45) is 0 Å². The molecule has 7 heteroatoms. The molecule has 1 amide bonds. The van der Waals surface area contributed by atoms with E-state index in [0.29, 0.717) is 31.8 Å². The summed E-state index contributed by atoms with van der Waals surface area (Å²) in [5, 5.41) is 0. The van der Waals surface area contributed by atoms with Gasteiger partial charge in [-0.3, -0.25) is 4.79 Å². The predicted octanol–water partition coefficient (Wildman–Crippen LogP) is 3.48. The molecule has 0 spiro atoms. The SMILES string of the molecule is CCN(CC)S(=O)(=O)c1cccc(C(=O)N(C)CCOc2cc(C)cc(C)c2)c1. The van der Waals surface area contributed by atoms with Gasteiger partial charge in [0, 0.05) is 25.7 Å². The van der Waals surface area contributed by atoms with Crippen LogP contribution in [0.3, 0.4) is 0 Å². The Balaban J connectivity index is 2.06. The molecule has 0 aromatic heterocycles. The molecule has 0 saturated carbocycles. The highest BCUT2D eigenvalue weighted by Gasteiger charge is 2.23. The van der Waals surface area contributed by atoms with Crippen LogP contribution in [0, 0.1) is 13.8 Å². The molecule has 158 valence electrons. The molecule has 0 atom stereocenters. The fraction of sp³-hybridized carbons (Fsp3) is 0.409. The number of rotatable bonds is 9. The van der Waals surface area contributed by atoms with E-state index in [1.54, 1.807) is 33.0 Å². The Bertz CT molecular complexity index is 933. The summed E-state index contributed by atoms with van der Waals surface area (Å²) in [6.07, 6.45) is 0. The Kier molecular flexibility index (Phi) is 7.81. The van der Waals surface area contributed by atoms with Gasteiger partial charge >= 0.3 is 0 Å². The zero-order valence-electron chi connectivity index (χ0n) is 17.8. The number of hydrogen-bond donors (Lipinski definition) is 0. The van der Waals surface area contributed by atoms with Crippen LogP contribution in [0.5, 0.6) is 5.75 Å². The van der Waals surface area contributed by atoms with Crippen molar-refractivity contribution in [1.82, 2.24) is 9.21 Å². The first-order valence-corrected chi connectivity index (χ1v) is 11.2. The molecule has 0 aliphatic rings. The standard InChI is InChI=1S/C22H30N2O4S/c1-6-24(7-2)29(26,27)21-10-8-9-19(16-21)22(25)23(5)11-12-28-20-14-17(3)13-18(4)15-20/h8-10,13-16H,6-7,11-12H2,1-5H3. The molecule has 0 radical (unpaired) electrons. The summed E-state index contributed by atoms with van der Waals surface area (Å²) >= 11 is 0. The average Bonchev–Trinajstić information content (AvgIpc) is 2.67. The summed E-state index contributed by atoms with van der Waals surface area (Å²) in [5.74, 6) is 0.529. The van der Waals surface area contributed by atoms with E-state index in [0.717, 1.165) is 16.9 Å². The van der Waals surface area contributed by atoms with Gasteiger partial charge in [0.05, 0.1) is 11.4 Å². The van der Waals surface area contributed by atoms with Crippen LogP contribution in [0.2, 0.25) is 0 Å². The van der Waals surface area contributed by atoms with Gasteiger partial charge < -0.3 is 9.64 Å². The zero-order valence-corrected chi connectivity index (χ0v) is 18.6. The van der Waals surface area contributed by atoms with E-state index in [2.05, 4.69) is 6.07 Å². The largest absolute Gasteiger partial charge is 0.492 e. The second-order valence-corrected chi connectivity index (χ2v) is 8.95. The highest BCUT2D eigenvalue weighted by molar-refractivity contribution is 7.89. The van der Waals surface area contributed by atoms with Crippen LogP contribution in [0.1, 0.15) is 35.3 Å². The molecular formula is C22H30N2O4S. The van der Waals surface area contributed by atoms with E-state index < -0.39 is 10.0 Å². The zero-order chi connectivity index (χ0) is 21.6. The first kappa shape index (κ1) is 22.9. The van der Waals surface area contributed by atoms with Crippen molar-refractivity contribution in [2.45, 2.75) is 32.6 Å². The van der Waals surface area contributed by atoms with Crippen LogP contribution in [-0.4, -0.2) is 56.8 Å². The molecular weight excluding hydrogens is 388 g/mol. The number of carbonyl (C=O) groups excluding carboxylic acids is 1. The number of likely N-dealkylation sites (N-methyl/N-ethyl adjacent to an activating group) is 1. The van der Waals surface area contributed by atoms with Crippen molar-refractivity contribution >= 4 is 15.9 Å². The van der Waals surface area contributed by atoms with Crippen molar-refractivity contribution < 1.29 is 17.9 Å². The molecule has 2 rings (SSSR count). The Labute approximate surface area is 174 Å². The average molecular weight is 419 g/mol. The minimum Gasteiger partial charge on any atom is -0.492 e. The lowest BCUT2D eigenvalue weighted by molar-refractivity contribution is 0.0773. The Morgan fingerprint density at radius 1 is 1.00 bits per heavy atom. The molecule has 0 saturated heterocycles. The molecule has 2 aromatic carbocycles. The lowest BCUT2D eigenvalue weighted by Crippen LogP contribution is -2.32. The van der Waals surface area contributed by atoms with Crippen LogP contribution in [0.4, 0.5) is 0 Å². The molecule has 0 fully saturated rings. The minimum absolute atomic E-state index is 0.131. The molecule has 0 N–H and O–H groups in total. The van der Waals surface area contributed by atoms with Gasteiger partial charge in [-0.15, -0.1) is 0 Å². The van der Waals surface area contributed by atoms with Gasteiger partial charge in [-0.2, -0.15) is 4.31 Å². The first-order valence-electron chi connectivity index (χ1n) is 9.75. The maximum Gasteiger partial charge on any atom is 0.253 e. The topological polar surface area (TPSA) is 66.9 Å². The fourth-order valence-electron chi connectivity index (χ4n) is 3.14. The van der Waals surface area contributed by atoms with E-state index in [4.69, 9.17) is 4.74 Å². The van der Waals surface area contributed by atoms with Crippen LogP contribution >= 0.6 is 0 Å². The number of ether oxygens (including phenoxy) is 1. The summed E-state index contributed by atoms with van der Waals surface area (Å²) in [5.41, 5.74) is 2.58. The van der Waals surface area contributed by atoms with Gasteiger partial charge in [0.2, 0.25) is 10.0 Å². The lowest BCUT2D eigenvalue weighted by Gasteiger charge is -2.20. The van der Waals surface area contributed by atoms with E-state index in [1.165, 1.54) is 21.3 Å². The van der Waals surface area contributed by atoms with Crippen molar-refractivity contribution in [3.05, 3.63) is 59.2 Å². The third-order valence-corrected chi connectivity index (χ3v) is 6.71. The van der Waals surface area contributed by atoms with Gasteiger partial charge in [-0.25, -0.2) is 8.42 Å². The molecule has 0 aliphatic heterocycles. The van der Waals surface area contributed by atoms with Gasteiger partial charge in [0.25, 0.3) is 5.91 Å². The van der Waals surface area contributed by atoms with Crippen LogP contribution < -0.4 is 4.74 Å². The molecule has 0 bridgehead atoms. The fourth-order valence-corrected chi connectivity index (χ4v) is 4.65. The van der Waals surface area contributed by atoms with Gasteiger partial charge in [-0.05, 0) is 55.3 Å². The second-order valence-electron chi connectivity index (χ2n) is 7.02. The van der Waals surface area contributed by atoms with E-state index in [1.807, 2.05) is 26.0 Å². The van der Waals surface area contributed by atoms with Crippen molar-refractivity contribution in [2.75, 3.05) is 33.3 Å². The number of carbonyl (C=O) groups is 1. The van der Waals surface area contributed by atoms with E-state index in [9.17, 15) is 13.2 Å². The number of sulfonamides is 1. The van der Waals surface area contributed by atoms with Crippen molar-refractivity contribution in [1.29, 1.82) is 0 Å². The summed E-state index contributed by atoms with van der Waals surface area (Å²) in [6, 6.07) is 12.2. The van der Waals surface area contributed by atoms with Gasteiger partial charge in [-0.1, -0.05) is 26.0 Å². The summed E-state index contributed by atoms with van der Waals surface area (Å²) in [4.78, 5) is 14.4. The highest BCUT2D eigenvalue weighted by atomic mass is 32.2. The highest BCUT2D eigenvalue weighted by Crippen LogP contribution is 2.18. The number of aryl methyl sites for hydroxylation is 2. The summed E-state index contributed by atoms with van der Waals surface area (Å²) in [6.45, 7) is 9.10. The van der Waals surface area contributed by atoms with E-state index >= 15 is 0 Å². The lowest BCUT2D eigenvalue weighted by atomic mass is 10.1. The van der Waals surface area contributed by atoms with Crippen molar-refractivity contribution in [3.63, 3.8) is 0 Å². The predicted molar refractivity (Wildman–Crippen MR) is 115 cm³/mol. The smallest absolute Gasteiger partial charge is 0.253 e. The van der Waals surface area contributed by atoms with Crippen LogP contribution in [0.15, 0.2) is 47.4 Å². The summed E-state index contributed by atoms with van der Waals surface area (Å²) < 4.78 is 32.5. The van der Waals surface area contributed by atoms with Gasteiger partial charge in [0.15, 0.2) is 0 Å². The quantitative estimate of drug-likeness (QED) is 0.625. The van der Waals surface area contributed by atoms with Crippen molar-refractivity contribution in [3.8, 4) is 5.75 Å². The maximum absolute atomic E-state index is 12.7. The monoisotopic (exact) mass is 418 g/mol. The number of nitrogens with zero attached hydrogens (tertiary/aromatic N) is 2. The molecule has 0 heterocycles. The maximum atomic E-state index is 12.7. The number of benzene rings is 2. The number of amides is 1. The molecule has 0 unspecified atom stereocenters. The van der Waals surface area contributed by atoms with Crippen LogP contribution in [0.25, 0.3) is 0 Å². The summed E-state index contributed by atoms with van der Waals surface area (Å²) in [7, 11) is -1.93. The Morgan fingerprint density at radius 3 is 2.21 bits per heavy atom. The third kappa shape index (κ3) is 5.81. The molecule has 2 aromatic rings. The second kappa shape index (κ2) is 9.89. The minimum atomic E-state index is -3.61. The molecule has 0 aliphatic carbocycles. The first-order chi connectivity index (χ1) is 13.7. The van der Waals surface area contributed by atoms with Gasteiger partial charge in [0.1, 0.15) is 12.4 Å². The molecule has 29 heavy (non-hydrogen) atoms. The normalized spacial score (nSPS) is 11.5.